The van der Waals surface area contributed by atoms with Gasteiger partial charge in [0.05, 0.1) is 11.2 Å². The molecule has 1 aromatic carbocycles. The molecule has 4 aliphatic carbocycles. The molecule has 0 aliphatic heterocycles. The van der Waals surface area contributed by atoms with E-state index in [0.717, 1.165) is 23.4 Å². The van der Waals surface area contributed by atoms with Gasteiger partial charge in [0.1, 0.15) is 0 Å². The second kappa shape index (κ2) is 4.66. The molecule has 5 rings (SSSR count). The van der Waals surface area contributed by atoms with Crippen molar-refractivity contribution in [2.45, 2.75) is 64.8 Å². The molecule has 4 saturated carbocycles. The lowest BCUT2D eigenvalue weighted by molar-refractivity contribution is -0.00156. The van der Waals surface area contributed by atoms with Crippen LogP contribution in [0.4, 0.5) is 5.69 Å². The minimum absolute atomic E-state index is 0.193. The minimum atomic E-state index is 0.193. The van der Waals surface area contributed by atoms with Crippen molar-refractivity contribution in [2.75, 3.05) is 0 Å². The zero-order chi connectivity index (χ0) is 14.6. The van der Waals surface area contributed by atoms with E-state index in [-0.39, 0.29) is 5.54 Å². The van der Waals surface area contributed by atoms with E-state index in [1.165, 1.54) is 55.2 Å². The van der Waals surface area contributed by atoms with Crippen LogP contribution in [0.25, 0.3) is 0 Å². The van der Waals surface area contributed by atoms with E-state index in [4.69, 9.17) is 10.2 Å². The maximum absolute atomic E-state index is 4.96. The van der Waals surface area contributed by atoms with Crippen molar-refractivity contribution in [3.8, 4) is 0 Å². The summed E-state index contributed by atoms with van der Waals surface area (Å²) < 4.78 is 0. The van der Waals surface area contributed by atoms with E-state index < -0.39 is 0 Å². The Labute approximate surface area is 128 Å². The molecule has 0 spiro atoms. The van der Waals surface area contributed by atoms with Gasteiger partial charge in [-0.1, -0.05) is 17.7 Å². The summed E-state index contributed by atoms with van der Waals surface area (Å²) in [5.41, 5.74) is 5.15. The summed E-state index contributed by atoms with van der Waals surface area (Å²) in [7, 11) is 0. The average molecular weight is 282 g/mol. The number of rotatable bonds is 2. The average Bonchev–Trinajstić information content (AvgIpc) is 2.35. The van der Waals surface area contributed by atoms with Crippen molar-refractivity contribution in [2.24, 2.45) is 28.0 Å². The molecule has 0 N–H and O–H groups in total. The normalized spacial score (nSPS) is 37.6. The number of aryl methyl sites for hydroxylation is 3. The number of benzene rings is 1. The summed E-state index contributed by atoms with van der Waals surface area (Å²) in [5, 5.41) is 9.72. The highest BCUT2D eigenvalue weighted by molar-refractivity contribution is 5.53. The van der Waals surface area contributed by atoms with Crippen LogP contribution in [-0.2, 0) is 0 Å². The van der Waals surface area contributed by atoms with Crippen LogP contribution in [0.1, 0.15) is 55.2 Å². The van der Waals surface area contributed by atoms with E-state index in [9.17, 15) is 0 Å². The Hall–Kier alpha value is -1.18. The van der Waals surface area contributed by atoms with Crippen molar-refractivity contribution in [1.29, 1.82) is 0 Å². The molecule has 21 heavy (non-hydrogen) atoms. The smallest absolute Gasteiger partial charge is 0.0911 e. The molecule has 2 nitrogen and oxygen atoms in total. The third-order valence-electron chi connectivity index (χ3n) is 6.00. The fourth-order valence-electron chi connectivity index (χ4n) is 5.67. The Morgan fingerprint density at radius 1 is 0.857 bits per heavy atom. The number of azo groups is 1. The van der Waals surface area contributed by atoms with Gasteiger partial charge in [-0.05, 0) is 88.2 Å². The molecule has 2 heteroatoms. The molecule has 1 aromatic rings. The van der Waals surface area contributed by atoms with E-state index >= 15 is 0 Å². The van der Waals surface area contributed by atoms with Crippen molar-refractivity contribution < 1.29 is 0 Å². The largest absolute Gasteiger partial charge is 0.182 e. The van der Waals surface area contributed by atoms with Crippen LogP contribution >= 0.6 is 0 Å². The Morgan fingerprint density at radius 3 is 1.81 bits per heavy atom. The molecule has 0 unspecified atom stereocenters. The molecule has 0 atom stereocenters. The molecule has 0 heterocycles. The summed E-state index contributed by atoms with van der Waals surface area (Å²) in [6.07, 6.45) is 8.30. The zero-order valence-corrected chi connectivity index (χ0v) is 13.5. The highest BCUT2D eigenvalue weighted by Gasteiger charge is 2.51. The van der Waals surface area contributed by atoms with E-state index in [0.29, 0.717) is 0 Å². The first-order chi connectivity index (χ1) is 10.0. The molecule has 0 aromatic heterocycles. The number of hydrogen-bond donors (Lipinski definition) is 0. The maximum Gasteiger partial charge on any atom is 0.0911 e. The van der Waals surface area contributed by atoms with E-state index in [1.54, 1.807) is 0 Å². The second-order valence-electron chi connectivity index (χ2n) is 8.09. The predicted octanol–water partition coefficient (Wildman–Crippen LogP) is 5.66. The molecule has 4 bridgehead atoms. The fraction of sp³-hybridized carbons (Fsp3) is 0.684. The van der Waals surface area contributed by atoms with Crippen molar-refractivity contribution in [3.05, 3.63) is 28.8 Å². The Kier molecular flexibility index (Phi) is 2.99. The van der Waals surface area contributed by atoms with Gasteiger partial charge in [0.25, 0.3) is 0 Å². The van der Waals surface area contributed by atoms with Gasteiger partial charge in [0.2, 0.25) is 0 Å². The number of hydrogen-bond acceptors (Lipinski definition) is 2. The molecule has 4 fully saturated rings. The number of nitrogens with zero attached hydrogens (tertiary/aromatic N) is 2. The van der Waals surface area contributed by atoms with Crippen LogP contribution in [0.2, 0.25) is 0 Å². The zero-order valence-electron chi connectivity index (χ0n) is 13.5. The first-order valence-corrected chi connectivity index (χ1v) is 8.54. The summed E-state index contributed by atoms with van der Waals surface area (Å²) >= 11 is 0. The monoisotopic (exact) mass is 282 g/mol. The standard InChI is InChI=1S/C19H26N2/c1-12-4-13(2)18(14(3)5-12)20-21-19-9-15-6-16(10-19)8-17(7-15)11-19/h4-5,15-17H,6-11H2,1-3H3. The first-order valence-electron chi connectivity index (χ1n) is 8.54. The van der Waals surface area contributed by atoms with Crippen molar-refractivity contribution >= 4 is 5.69 Å². The van der Waals surface area contributed by atoms with Crippen LogP contribution in [0.5, 0.6) is 0 Å². The van der Waals surface area contributed by atoms with Gasteiger partial charge in [0.15, 0.2) is 0 Å². The molecular weight excluding hydrogens is 256 g/mol. The van der Waals surface area contributed by atoms with Gasteiger partial charge >= 0.3 is 0 Å². The summed E-state index contributed by atoms with van der Waals surface area (Å²) in [4.78, 5) is 0. The Bertz CT molecular complexity index is 541. The second-order valence-corrected chi connectivity index (χ2v) is 8.09. The van der Waals surface area contributed by atoms with Crippen LogP contribution < -0.4 is 0 Å². The molecule has 0 saturated heterocycles. The third-order valence-corrected chi connectivity index (χ3v) is 6.00. The highest BCUT2D eigenvalue weighted by Crippen LogP contribution is 2.57. The third kappa shape index (κ3) is 2.33. The molecule has 112 valence electrons. The highest BCUT2D eigenvalue weighted by atomic mass is 15.2. The first kappa shape index (κ1) is 13.5. The Morgan fingerprint density at radius 2 is 1.33 bits per heavy atom. The van der Waals surface area contributed by atoms with Crippen LogP contribution in [0.15, 0.2) is 22.4 Å². The van der Waals surface area contributed by atoms with Crippen molar-refractivity contribution in [1.82, 2.24) is 0 Å². The molecule has 0 amide bonds. The lowest BCUT2D eigenvalue weighted by atomic mass is 9.53. The molecule has 4 aliphatic rings. The van der Waals surface area contributed by atoms with Gasteiger partial charge in [-0.25, -0.2) is 0 Å². The SMILES string of the molecule is Cc1cc(C)c(N=NC23CC4CC(CC(C4)C2)C3)c(C)c1. The summed E-state index contributed by atoms with van der Waals surface area (Å²) in [6, 6.07) is 4.45. The van der Waals surface area contributed by atoms with Gasteiger partial charge in [-0.3, -0.25) is 0 Å². The van der Waals surface area contributed by atoms with Gasteiger partial charge < -0.3 is 0 Å². The van der Waals surface area contributed by atoms with Gasteiger partial charge in [0, 0.05) is 0 Å². The topological polar surface area (TPSA) is 24.7 Å². The quantitative estimate of drug-likeness (QED) is 0.625. The van der Waals surface area contributed by atoms with E-state index in [1.807, 2.05) is 0 Å². The van der Waals surface area contributed by atoms with E-state index in [2.05, 4.69) is 32.9 Å². The lowest BCUT2D eigenvalue weighted by Crippen LogP contribution is -2.49. The van der Waals surface area contributed by atoms with Crippen LogP contribution in [-0.4, -0.2) is 5.54 Å². The van der Waals surface area contributed by atoms with Crippen LogP contribution in [0.3, 0.4) is 0 Å². The predicted molar refractivity (Wildman–Crippen MR) is 86.1 cm³/mol. The lowest BCUT2D eigenvalue weighted by Gasteiger charge is -2.54. The minimum Gasteiger partial charge on any atom is -0.182 e. The van der Waals surface area contributed by atoms with Gasteiger partial charge in [-0.15, -0.1) is 0 Å². The molecular formula is C19H26N2. The maximum atomic E-state index is 4.96. The molecule has 0 radical (unpaired) electrons. The summed E-state index contributed by atoms with van der Waals surface area (Å²) in [6.45, 7) is 6.47. The van der Waals surface area contributed by atoms with Gasteiger partial charge in [-0.2, -0.15) is 10.2 Å². The Balaban J connectivity index is 1.64. The fourth-order valence-corrected chi connectivity index (χ4v) is 5.67. The summed E-state index contributed by atoms with van der Waals surface area (Å²) in [5.74, 6) is 2.82. The van der Waals surface area contributed by atoms with Crippen molar-refractivity contribution in [3.63, 3.8) is 0 Å². The van der Waals surface area contributed by atoms with Crippen LogP contribution in [0, 0.1) is 38.5 Å².